The summed E-state index contributed by atoms with van der Waals surface area (Å²) >= 11 is 0. The Hall–Kier alpha value is -3.05. The molecule has 0 saturated carbocycles. The van der Waals surface area contributed by atoms with Crippen LogP contribution in [0.3, 0.4) is 0 Å². The maximum Gasteiger partial charge on any atom is 0.247 e. The van der Waals surface area contributed by atoms with Crippen LogP contribution in [-0.4, -0.2) is 42.7 Å². The molecular weight excluding hydrogens is 414 g/mol. The smallest absolute Gasteiger partial charge is 0.247 e. The number of carbonyl (C=O) groups excluding carboxylic acids is 1. The standard InChI is InChI=1S/C28H33NO4/c1-7-31-27-21(6)28-24(25(16-32-28)22-10-8-17(2)9-11-22)13-23(27)18(3)12-26(30)29-14-19(4)33-20(5)15-29/h8-13,16,19-20H,7,14-15H2,1-6H3/b18-12+. The molecule has 5 nitrogen and oxygen atoms in total. The summed E-state index contributed by atoms with van der Waals surface area (Å²) in [7, 11) is 0. The molecule has 33 heavy (non-hydrogen) atoms. The minimum atomic E-state index is 0.000602. The monoisotopic (exact) mass is 447 g/mol. The second-order valence-electron chi connectivity index (χ2n) is 9.03. The van der Waals surface area contributed by atoms with E-state index in [2.05, 4.69) is 37.3 Å². The summed E-state index contributed by atoms with van der Waals surface area (Å²) in [6.45, 7) is 13.8. The Balaban J connectivity index is 1.78. The first-order valence-electron chi connectivity index (χ1n) is 11.7. The van der Waals surface area contributed by atoms with Crippen molar-refractivity contribution in [1.29, 1.82) is 0 Å². The maximum absolute atomic E-state index is 13.1. The summed E-state index contributed by atoms with van der Waals surface area (Å²) in [5, 5.41) is 1.02. The number of nitrogens with zero attached hydrogens (tertiary/aromatic N) is 1. The Bertz CT molecular complexity index is 1180. The average Bonchev–Trinajstić information content (AvgIpc) is 3.19. The van der Waals surface area contributed by atoms with E-state index in [0.717, 1.165) is 44.5 Å². The molecule has 1 aliphatic rings. The molecule has 1 fully saturated rings. The van der Waals surface area contributed by atoms with Crippen molar-refractivity contribution in [3.05, 3.63) is 59.4 Å². The van der Waals surface area contributed by atoms with Gasteiger partial charge >= 0.3 is 0 Å². The fourth-order valence-electron chi connectivity index (χ4n) is 4.61. The Morgan fingerprint density at radius 3 is 2.45 bits per heavy atom. The molecule has 174 valence electrons. The molecule has 1 saturated heterocycles. The molecule has 1 aromatic heterocycles. The van der Waals surface area contributed by atoms with Crippen molar-refractivity contribution >= 4 is 22.4 Å². The van der Waals surface area contributed by atoms with Crippen molar-refractivity contribution in [2.45, 2.75) is 53.8 Å². The fraction of sp³-hybridized carbons (Fsp3) is 0.393. The van der Waals surface area contributed by atoms with Crippen LogP contribution in [0, 0.1) is 13.8 Å². The highest BCUT2D eigenvalue weighted by Gasteiger charge is 2.25. The van der Waals surface area contributed by atoms with Gasteiger partial charge in [0, 0.05) is 41.2 Å². The molecule has 0 spiro atoms. The van der Waals surface area contributed by atoms with Crippen LogP contribution in [0.1, 0.15) is 44.4 Å². The summed E-state index contributed by atoms with van der Waals surface area (Å²) in [6.07, 6.45) is 3.60. The molecule has 1 amide bonds. The zero-order chi connectivity index (χ0) is 23.7. The van der Waals surface area contributed by atoms with E-state index < -0.39 is 0 Å². The lowest BCUT2D eigenvalue weighted by Crippen LogP contribution is -2.47. The topological polar surface area (TPSA) is 51.9 Å². The summed E-state index contributed by atoms with van der Waals surface area (Å²) < 4.78 is 17.8. The molecule has 0 radical (unpaired) electrons. The van der Waals surface area contributed by atoms with Crippen molar-refractivity contribution < 1.29 is 18.7 Å². The van der Waals surface area contributed by atoms with E-state index in [9.17, 15) is 4.79 Å². The maximum atomic E-state index is 13.1. The van der Waals surface area contributed by atoms with Gasteiger partial charge in [0.2, 0.25) is 5.91 Å². The van der Waals surface area contributed by atoms with Gasteiger partial charge in [0.25, 0.3) is 0 Å². The van der Waals surface area contributed by atoms with Gasteiger partial charge in [-0.05, 0) is 58.7 Å². The van der Waals surface area contributed by atoms with Gasteiger partial charge in [-0.3, -0.25) is 4.79 Å². The van der Waals surface area contributed by atoms with Crippen molar-refractivity contribution in [3.63, 3.8) is 0 Å². The van der Waals surface area contributed by atoms with E-state index in [1.807, 2.05) is 45.8 Å². The first kappa shape index (κ1) is 23.1. The molecule has 0 aliphatic carbocycles. The lowest BCUT2D eigenvalue weighted by Gasteiger charge is -2.34. The molecule has 0 N–H and O–H groups in total. The van der Waals surface area contributed by atoms with Crippen LogP contribution in [0.5, 0.6) is 5.75 Å². The Labute approximate surface area is 196 Å². The number of hydrogen-bond acceptors (Lipinski definition) is 4. The fourth-order valence-corrected chi connectivity index (χ4v) is 4.61. The highest BCUT2D eigenvalue weighted by Crippen LogP contribution is 2.40. The van der Waals surface area contributed by atoms with Gasteiger partial charge < -0.3 is 18.8 Å². The van der Waals surface area contributed by atoms with Gasteiger partial charge in [-0.1, -0.05) is 29.8 Å². The predicted molar refractivity (Wildman–Crippen MR) is 133 cm³/mol. The number of aryl methyl sites for hydroxylation is 2. The number of furan rings is 1. The third kappa shape index (κ3) is 4.69. The Kier molecular flexibility index (Phi) is 6.61. The van der Waals surface area contributed by atoms with Crippen LogP contribution in [0.15, 0.2) is 47.1 Å². The van der Waals surface area contributed by atoms with Crippen molar-refractivity contribution in [3.8, 4) is 16.9 Å². The minimum Gasteiger partial charge on any atom is -0.493 e. The van der Waals surface area contributed by atoms with E-state index in [-0.39, 0.29) is 18.1 Å². The van der Waals surface area contributed by atoms with Gasteiger partial charge in [-0.15, -0.1) is 0 Å². The number of rotatable bonds is 5. The molecule has 0 bridgehead atoms. The van der Waals surface area contributed by atoms with E-state index in [0.29, 0.717) is 19.7 Å². The number of benzene rings is 2. The molecule has 3 aromatic rings. The molecule has 1 aliphatic heterocycles. The summed E-state index contributed by atoms with van der Waals surface area (Å²) in [5.74, 6) is 0.765. The van der Waals surface area contributed by atoms with E-state index in [1.54, 1.807) is 6.08 Å². The Morgan fingerprint density at radius 1 is 1.15 bits per heavy atom. The molecule has 2 atom stereocenters. The number of morpholine rings is 1. The largest absolute Gasteiger partial charge is 0.493 e. The molecular formula is C28H33NO4. The lowest BCUT2D eigenvalue weighted by molar-refractivity contribution is -0.137. The van der Waals surface area contributed by atoms with Crippen molar-refractivity contribution in [2.24, 2.45) is 0 Å². The molecule has 2 unspecified atom stereocenters. The zero-order valence-corrected chi connectivity index (χ0v) is 20.4. The summed E-state index contributed by atoms with van der Waals surface area (Å²) in [4.78, 5) is 15.0. The zero-order valence-electron chi connectivity index (χ0n) is 20.4. The second-order valence-corrected chi connectivity index (χ2v) is 9.03. The first-order chi connectivity index (χ1) is 15.8. The lowest BCUT2D eigenvalue weighted by atomic mass is 9.96. The SMILES string of the molecule is CCOc1c(/C(C)=C/C(=O)N2CC(C)OC(C)C2)cc2c(-c3ccc(C)cc3)coc2c1C. The van der Waals surface area contributed by atoms with Crippen molar-refractivity contribution in [2.75, 3.05) is 19.7 Å². The number of hydrogen-bond donors (Lipinski definition) is 0. The molecule has 2 heterocycles. The number of carbonyl (C=O) groups is 1. The Morgan fingerprint density at radius 2 is 1.82 bits per heavy atom. The highest BCUT2D eigenvalue weighted by molar-refractivity contribution is 6.01. The normalized spacial score (nSPS) is 19.2. The number of fused-ring (bicyclic) bond motifs is 1. The number of allylic oxidation sites excluding steroid dienone is 1. The van der Waals surface area contributed by atoms with Crippen LogP contribution < -0.4 is 4.74 Å². The summed E-state index contributed by atoms with van der Waals surface area (Å²) in [5.41, 5.74) is 6.89. The third-order valence-electron chi connectivity index (χ3n) is 6.19. The van der Waals surface area contributed by atoms with Crippen molar-refractivity contribution in [1.82, 2.24) is 4.90 Å². The van der Waals surface area contributed by atoms with Gasteiger partial charge in [0.15, 0.2) is 0 Å². The van der Waals surface area contributed by atoms with E-state index in [1.165, 1.54) is 5.56 Å². The van der Waals surface area contributed by atoms with Gasteiger partial charge in [0.1, 0.15) is 11.3 Å². The first-order valence-corrected chi connectivity index (χ1v) is 11.7. The van der Waals surface area contributed by atoms with Gasteiger partial charge in [-0.25, -0.2) is 0 Å². The molecule has 5 heteroatoms. The van der Waals surface area contributed by atoms with E-state index in [4.69, 9.17) is 13.9 Å². The highest BCUT2D eigenvalue weighted by atomic mass is 16.5. The van der Waals surface area contributed by atoms with E-state index >= 15 is 0 Å². The number of amides is 1. The molecule has 2 aromatic carbocycles. The average molecular weight is 448 g/mol. The van der Waals surface area contributed by atoms with Gasteiger partial charge in [-0.2, -0.15) is 0 Å². The third-order valence-corrected chi connectivity index (χ3v) is 6.19. The predicted octanol–water partition coefficient (Wildman–Crippen LogP) is 6.15. The van der Waals surface area contributed by atoms with Gasteiger partial charge in [0.05, 0.1) is 25.1 Å². The van der Waals surface area contributed by atoms with Crippen LogP contribution in [0.25, 0.3) is 27.7 Å². The van der Waals surface area contributed by atoms with Crippen LogP contribution in [0.2, 0.25) is 0 Å². The quantitative estimate of drug-likeness (QED) is 0.440. The summed E-state index contributed by atoms with van der Waals surface area (Å²) in [6, 6.07) is 10.5. The minimum absolute atomic E-state index is 0.000602. The van der Waals surface area contributed by atoms with Crippen LogP contribution in [0.4, 0.5) is 0 Å². The van der Waals surface area contributed by atoms with Crippen LogP contribution in [-0.2, 0) is 9.53 Å². The second kappa shape index (κ2) is 9.44. The number of ether oxygens (including phenoxy) is 2. The molecule has 4 rings (SSSR count). The van der Waals surface area contributed by atoms with Crippen LogP contribution >= 0.6 is 0 Å².